The highest BCUT2D eigenvalue weighted by Crippen LogP contribution is 2.28. The van der Waals surface area contributed by atoms with E-state index in [9.17, 15) is 28.1 Å². The molecule has 0 radical (unpaired) electrons. The van der Waals surface area contributed by atoms with Crippen molar-refractivity contribution in [1.29, 1.82) is 0 Å². The third kappa shape index (κ3) is 4.55. The first kappa shape index (κ1) is 18.4. The summed E-state index contributed by atoms with van der Waals surface area (Å²) in [6.07, 6.45) is -2.39. The summed E-state index contributed by atoms with van der Waals surface area (Å²) in [5, 5.41) is 13.4. The van der Waals surface area contributed by atoms with E-state index in [4.69, 9.17) is 0 Å². The molecule has 0 spiro atoms. The number of hydrogen-bond acceptors (Lipinski definition) is 4. The number of benzene rings is 1. The molecule has 0 saturated heterocycles. The fraction of sp³-hybridized carbons (Fsp3) is 0.333. The van der Waals surface area contributed by atoms with E-state index in [1.807, 2.05) is 0 Å². The van der Waals surface area contributed by atoms with Crippen molar-refractivity contribution >= 4 is 29.2 Å². The third-order valence-corrected chi connectivity index (χ3v) is 3.48. The molecule has 25 heavy (non-hydrogen) atoms. The van der Waals surface area contributed by atoms with Crippen LogP contribution >= 0.6 is 0 Å². The van der Waals surface area contributed by atoms with Crippen LogP contribution in [0.3, 0.4) is 0 Å². The fourth-order valence-corrected chi connectivity index (χ4v) is 2.31. The second-order valence-electron chi connectivity index (χ2n) is 5.58. The minimum absolute atomic E-state index is 0.127. The Kier molecular flexibility index (Phi) is 5.10. The van der Waals surface area contributed by atoms with Gasteiger partial charge in [0.05, 0.1) is 11.0 Å². The van der Waals surface area contributed by atoms with Gasteiger partial charge in [0.15, 0.2) is 0 Å². The van der Waals surface area contributed by atoms with Crippen LogP contribution in [0, 0.1) is 10.1 Å². The zero-order chi connectivity index (χ0) is 18.8. The van der Waals surface area contributed by atoms with Crippen molar-refractivity contribution in [1.82, 2.24) is 5.32 Å². The number of aliphatic imine (C=N–C) groups is 1. The van der Waals surface area contributed by atoms with Gasteiger partial charge in [-0.25, -0.2) is 4.79 Å². The number of nitrogens with zero attached hydrogens (tertiary/aromatic N) is 3. The van der Waals surface area contributed by atoms with Gasteiger partial charge in [0.25, 0.3) is 5.69 Å². The minimum atomic E-state index is -4.67. The number of hydrogen-bond donors (Lipinski definition) is 1. The highest BCUT2D eigenvalue weighted by Gasteiger charge is 2.39. The van der Waals surface area contributed by atoms with Gasteiger partial charge in [0.2, 0.25) is 0 Å². The quantitative estimate of drug-likeness (QED) is 0.663. The molecule has 0 unspecified atom stereocenters. The average Bonchev–Trinajstić information content (AvgIpc) is 2.51. The number of nitrogens with one attached hydrogen (secondary N) is 1. The standard InChI is InChI=1S/C15H15F3N4O3/c1-21(2)11-6-4-9(7-12(11)22(24)25)3-5-10-8-13(15(16,17)18)20-14(23)19-10/h3-7,10H,8H2,1-2H3,(H,19,23)/b5-3+/t10-/m1/s1. The van der Waals surface area contributed by atoms with Crippen molar-refractivity contribution in [2.75, 3.05) is 19.0 Å². The molecule has 0 aromatic heterocycles. The van der Waals surface area contributed by atoms with Gasteiger partial charge in [-0.05, 0) is 11.6 Å². The van der Waals surface area contributed by atoms with Crippen LogP contribution in [0.5, 0.6) is 0 Å². The average molecular weight is 356 g/mol. The summed E-state index contributed by atoms with van der Waals surface area (Å²) in [7, 11) is 3.32. The Bertz CT molecular complexity index is 757. The van der Waals surface area contributed by atoms with Crippen LogP contribution in [0.1, 0.15) is 12.0 Å². The normalized spacial score (nSPS) is 18.0. The summed E-state index contributed by atoms with van der Waals surface area (Å²) in [5.41, 5.74) is -0.445. The second-order valence-corrected chi connectivity index (χ2v) is 5.58. The molecule has 1 aromatic carbocycles. The number of carbonyl (C=O) groups is 1. The van der Waals surface area contributed by atoms with E-state index in [-0.39, 0.29) is 5.69 Å². The van der Waals surface area contributed by atoms with Gasteiger partial charge >= 0.3 is 12.2 Å². The molecule has 1 N–H and O–H groups in total. The fourth-order valence-electron chi connectivity index (χ4n) is 2.31. The largest absolute Gasteiger partial charge is 0.429 e. The molecule has 0 fully saturated rings. The van der Waals surface area contributed by atoms with Gasteiger partial charge in [-0.1, -0.05) is 18.2 Å². The molecule has 0 bridgehead atoms. The predicted molar refractivity (Wildman–Crippen MR) is 86.9 cm³/mol. The molecule has 0 saturated carbocycles. The number of nitro groups is 1. The number of nitro benzene ring substituents is 1. The number of anilines is 1. The van der Waals surface area contributed by atoms with Gasteiger partial charge in [0.1, 0.15) is 11.4 Å². The van der Waals surface area contributed by atoms with Crippen LogP contribution in [-0.4, -0.2) is 43.0 Å². The molecular formula is C15H15F3N4O3. The summed E-state index contributed by atoms with van der Waals surface area (Å²) < 4.78 is 38.1. The van der Waals surface area contributed by atoms with E-state index in [0.717, 1.165) is 0 Å². The molecule has 1 aliphatic heterocycles. The van der Waals surface area contributed by atoms with Gasteiger partial charge < -0.3 is 10.2 Å². The lowest BCUT2D eigenvalue weighted by molar-refractivity contribution is -0.384. The number of amides is 2. The lowest BCUT2D eigenvalue weighted by atomic mass is 10.1. The SMILES string of the molecule is CN(C)c1ccc(/C=C/[C@@H]2CC(C(F)(F)F)=NC(=O)N2)cc1[N+](=O)[O-]. The molecule has 1 aromatic rings. The van der Waals surface area contributed by atoms with Crippen molar-refractivity contribution < 1.29 is 22.9 Å². The molecule has 0 aliphatic carbocycles. The highest BCUT2D eigenvalue weighted by molar-refractivity contribution is 6.01. The Labute approximate surface area is 141 Å². The second kappa shape index (κ2) is 6.91. The molecule has 2 rings (SSSR count). The van der Waals surface area contributed by atoms with Gasteiger partial charge in [-0.3, -0.25) is 10.1 Å². The van der Waals surface area contributed by atoms with E-state index < -0.39 is 35.3 Å². The van der Waals surface area contributed by atoms with Gasteiger partial charge in [-0.15, -0.1) is 0 Å². The minimum Gasteiger partial charge on any atom is -0.372 e. The topological polar surface area (TPSA) is 87.8 Å². The summed E-state index contributed by atoms with van der Waals surface area (Å²) in [6.45, 7) is 0. The summed E-state index contributed by atoms with van der Waals surface area (Å²) >= 11 is 0. The van der Waals surface area contributed by atoms with Crippen molar-refractivity contribution in [3.05, 3.63) is 40.0 Å². The molecule has 1 heterocycles. The monoisotopic (exact) mass is 356 g/mol. The van der Waals surface area contributed by atoms with Crippen LogP contribution in [0.2, 0.25) is 0 Å². The number of carbonyl (C=O) groups excluding carboxylic acids is 1. The lowest BCUT2D eigenvalue weighted by Gasteiger charge is -2.21. The lowest BCUT2D eigenvalue weighted by Crippen LogP contribution is -2.42. The van der Waals surface area contributed by atoms with Crippen LogP contribution in [0.4, 0.5) is 29.3 Å². The maximum atomic E-state index is 12.7. The zero-order valence-corrected chi connectivity index (χ0v) is 13.4. The summed E-state index contributed by atoms with van der Waals surface area (Å²) in [5.74, 6) is 0. The molecule has 2 amide bonds. The Hall–Kier alpha value is -2.91. The first-order chi connectivity index (χ1) is 11.6. The number of rotatable bonds is 4. The van der Waals surface area contributed by atoms with Crippen LogP contribution in [0.15, 0.2) is 29.3 Å². The number of halogens is 3. The van der Waals surface area contributed by atoms with E-state index in [0.29, 0.717) is 11.3 Å². The van der Waals surface area contributed by atoms with Gasteiger partial charge in [-0.2, -0.15) is 18.2 Å². The van der Waals surface area contributed by atoms with Crippen LogP contribution in [0.25, 0.3) is 6.08 Å². The smallest absolute Gasteiger partial charge is 0.372 e. The highest BCUT2D eigenvalue weighted by atomic mass is 19.4. The Balaban J connectivity index is 2.22. The Morgan fingerprint density at radius 2 is 2.08 bits per heavy atom. The molecule has 1 aliphatic rings. The molecular weight excluding hydrogens is 341 g/mol. The summed E-state index contributed by atoms with van der Waals surface area (Å²) in [6, 6.07) is 2.49. The molecule has 10 heteroatoms. The van der Waals surface area contributed by atoms with Gasteiger partial charge in [0, 0.05) is 26.6 Å². The van der Waals surface area contributed by atoms with E-state index in [1.54, 1.807) is 31.1 Å². The van der Waals surface area contributed by atoms with Crippen LogP contribution in [-0.2, 0) is 0 Å². The van der Waals surface area contributed by atoms with E-state index in [1.165, 1.54) is 18.2 Å². The maximum absolute atomic E-state index is 12.7. The van der Waals surface area contributed by atoms with E-state index >= 15 is 0 Å². The molecule has 1 atom stereocenters. The number of urea groups is 1. The summed E-state index contributed by atoms with van der Waals surface area (Å²) in [4.78, 5) is 26.4. The maximum Gasteiger partial charge on any atom is 0.429 e. The predicted octanol–water partition coefficient (Wildman–Crippen LogP) is 3.16. The molecule has 7 nitrogen and oxygen atoms in total. The third-order valence-electron chi connectivity index (χ3n) is 3.48. The Morgan fingerprint density at radius 3 is 2.64 bits per heavy atom. The van der Waals surface area contributed by atoms with Crippen molar-refractivity contribution in [2.24, 2.45) is 4.99 Å². The molecule has 134 valence electrons. The van der Waals surface area contributed by atoms with Crippen molar-refractivity contribution in [3.63, 3.8) is 0 Å². The van der Waals surface area contributed by atoms with Crippen molar-refractivity contribution in [2.45, 2.75) is 18.6 Å². The Morgan fingerprint density at radius 1 is 1.40 bits per heavy atom. The first-order valence-electron chi connectivity index (χ1n) is 7.17. The van der Waals surface area contributed by atoms with Crippen molar-refractivity contribution in [3.8, 4) is 0 Å². The first-order valence-corrected chi connectivity index (χ1v) is 7.17. The van der Waals surface area contributed by atoms with Crippen LogP contribution < -0.4 is 10.2 Å². The van der Waals surface area contributed by atoms with E-state index in [2.05, 4.69) is 10.3 Å². The number of alkyl halides is 3. The zero-order valence-electron chi connectivity index (χ0n) is 13.4.